The minimum absolute atomic E-state index is 0.00687. The summed E-state index contributed by atoms with van der Waals surface area (Å²) in [6.45, 7) is 5.36. The molecule has 0 radical (unpaired) electrons. The van der Waals surface area contributed by atoms with E-state index in [1.54, 1.807) is 0 Å². The number of hydrogen-bond acceptors (Lipinski definition) is 5. The number of rotatable bonds is 2. The van der Waals surface area contributed by atoms with E-state index in [1.807, 2.05) is 6.92 Å². The lowest BCUT2D eigenvalue weighted by molar-refractivity contribution is -0.169. The SMILES string of the molecule is CC(=O)OCC1=C2CC[C@@]3(C)CCC[C@](C)(O)[C@@H]3[C@H]2OC1=O. The Kier molecular flexibility index (Phi) is 3.59. The monoisotopic (exact) mass is 308 g/mol. The Labute approximate surface area is 130 Å². The van der Waals surface area contributed by atoms with Crippen molar-refractivity contribution in [3.05, 3.63) is 11.1 Å². The van der Waals surface area contributed by atoms with Crippen molar-refractivity contribution in [3.8, 4) is 0 Å². The molecule has 3 rings (SSSR count). The van der Waals surface area contributed by atoms with Gasteiger partial charge in [-0.1, -0.05) is 13.3 Å². The first-order valence-corrected chi connectivity index (χ1v) is 8.03. The van der Waals surface area contributed by atoms with Crippen molar-refractivity contribution in [2.45, 2.75) is 64.6 Å². The lowest BCUT2D eigenvalue weighted by Crippen LogP contribution is -2.56. The van der Waals surface area contributed by atoms with E-state index in [0.717, 1.165) is 37.7 Å². The van der Waals surface area contributed by atoms with Crippen molar-refractivity contribution in [1.82, 2.24) is 0 Å². The van der Waals surface area contributed by atoms with Crippen LogP contribution in [0.5, 0.6) is 0 Å². The molecule has 0 bridgehead atoms. The molecule has 1 heterocycles. The molecule has 0 amide bonds. The van der Waals surface area contributed by atoms with E-state index >= 15 is 0 Å². The highest BCUT2D eigenvalue weighted by Gasteiger charge is 2.58. The second-order valence-corrected chi connectivity index (χ2v) is 7.45. The van der Waals surface area contributed by atoms with E-state index in [-0.39, 0.29) is 24.0 Å². The topological polar surface area (TPSA) is 72.8 Å². The van der Waals surface area contributed by atoms with Crippen LogP contribution in [0.1, 0.15) is 52.9 Å². The Morgan fingerprint density at radius 2 is 2.09 bits per heavy atom. The van der Waals surface area contributed by atoms with Crippen LogP contribution in [0.3, 0.4) is 0 Å². The maximum atomic E-state index is 12.2. The summed E-state index contributed by atoms with van der Waals surface area (Å²) in [4.78, 5) is 23.2. The van der Waals surface area contributed by atoms with E-state index in [1.165, 1.54) is 6.92 Å². The number of hydrogen-bond donors (Lipinski definition) is 1. The Hall–Kier alpha value is -1.36. The summed E-state index contributed by atoms with van der Waals surface area (Å²) in [5, 5.41) is 10.9. The van der Waals surface area contributed by atoms with Crippen LogP contribution in [0.15, 0.2) is 11.1 Å². The van der Waals surface area contributed by atoms with Crippen molar-refractivity contribution >= 4 is 11.9 Å². The van der Waals surface area contributed by atoms with Gasteiger partial charge in [-0.25, -0.2) is 4.79 Å². The summed E-state index contributed by atoms with van der Waals surface area (Å²) in [5.74, 6) is -0.891. The van der Waals surface area contributed by atoms with Crippen LogP contribution in [0, 0.1) is 11.3 Å². The van der Waals surface area contributed by atoms with Crippen molar-refractivity contribution in [3.63, 3.8) is 0 Å². The molecule has 2 saturated carbocycles. The summed E-state index contributed by atoms with van der Waals surface area (Å²) in [6.07, 6.45) is 4.12. The third kappa shape index (κ3) is 2.35. The zero-order valence-corrected chi connectivity index (χ0v) is 13.5. The fourth-order valence-electron chi connectivity index (χ4n) is 4.75. The molecule has 3 aliphatic rings. The number of ether oxygens (including phenoxy) is 2. The largest absolute Gasteiger partial charge is 0.461 e. The zero-order valence-electron chi connectivity index (χ0n) is 13.5. The highest BCUT2D eigenvalue weighted by Crippen LogP contribution is 2.57. The highest BCUT2D eigenvalue weighted by atomic mass is 16.6. The summed E-state index contributed by atoms with van der Waals surface area (Å²) in [6, 6.07) is 0. The van der Waals surface area contributed by atoms with Gasteiger partial charge in [-0.2, -0.15) is 0 Å². The number of esters is 2. The highest BCUT2D eigenvalue weighted by molar-refractivity contribution is 5.93. The molecule has 0 aromatic rings. The molecule has 4 atom stereocenters. The molecule has 1 aliphatic heterocycles. The first kappa shape index (κ1) is 15.5. The van der Waals surface area contributed by atoms with Gasteiger partial charge in [0.1, 0.15) is 12.7 Å². The lowest BCUT2D eigenvalue weighted by Gasteiger charge is -2.54. The molecule has 0 unspecified atom stereocenters. The van der Waals surface area contributed by atoms with Gasteiger partial charge >= 0.3 is 11.9 Å². The van der Waals surface area contributed by atoms with Crippen LogP contribution in [0.2, 0.25) is 0 Å². The maximum absolute atomic E-state index is 12.2. The number of carbonyl (C=O) groups excluding carboxylic acids is 2. The van der Waals surface area contributed by atoms with Gasteiger partial charge in [0.15, 0.2) is 0 Å². The van der Waals surface area contributed by atoms with Crippen LogP contribution in [0.25, 0.3) is 0 Å². The molecule has 2 aliphatic carbocycles. The Bertz CT molecular complexity index is 547. The van der Waals surface area contributed by atoms with Crippen LogP contribution in [-0.4, -0.2) is 35.4 Å². The molecule has 5 nitrogen and oxygen atoms in total. The van der Waals surface area contributed by atoms with Gasteiger partial charge in [-0.3, -0.25) is 4.79 Å². The molecule has 22 heavy (non-hydrogen) atoms. The fourth-order valence-corrected chi connectivity index (χ4v) is 4.75. The Morgan fingerprint density at radius 3 is 2.77 bits per heavy atom. The van der Waals surface area contributed by atoms with Crippen molar-refractivity contribution in [2.24, 2.45) is 11.3 Å². The summed E-state index contributed by atoms with van der Waals surface area (Å²) in [5.41, 5.74) is 0.563. The molecule has 122 valence electrons. The van der Waals surface area contributed by atoms with Crippen molar-refractivity contribution in [1.29, 1.82) is 0 Å². The van der Waals surface area contributed by atoms with Gasteiger partial charge in [0.2, 0.25) is 0 Å². The van der Waals surface area contributed by atoms with Crippen LogP contribution in [0.4, 0.5) is 0 Å². The lowest BCUT2D eigenvalue weighted by atomic mass is 9.53. The summed E-state index contributed by atoms with van der Waals surface area (Å²) >= 11 is 0. The standard InChI is InChI=1S/C17H24O5/c1-10(18)21-9-12-11-5-8-16(2)6-4-7-17(3,20)14(16)13(11)22-15(12)19/h13-14,20H,4-9H2,1-3H3/t13-,14+,16+,17-/m0/s1. The minimum Gasteiger partial charge on any atom is -0.461 e. The Balaban J connectivity index is 1.94. The molecular weight excluding hydrogens is 284 g/mol. The van der Waals surface area contributed by atoms with E-state index in [0.29, 0.717) is 5.57 Å². The smallest absolute Gasteiger partial charge is 0.338 e. The molecule has 2 fully saturated rings. The predicted octanol–water partition coefficient (Wildman–Crippen LogP) is 2.12. The summed E-state index contributed by atoms with van der Waals surface area (Å²) in [7, 11) is 0. The quantitative estimate of drug-likeness (QED) is 0.791. The van der Waals surface area contributed by atoms with Crippen molar-refractivity contribution in [2.75, 3.05) is 6.61 Å². The third-order valence-electron chi connectivity index (χ3n) is 5.75. The number of aliphatic hydroxyl groups is 1. The van der Waals surface area contributed by atoms with Crippen molar-refractivity contribution < 1.29 is 24.2 Å². The minimum atomic E-state index is -0.833. The van der Waals surface area contributed by atoms with Crippen LogP contribution < -0.4 is 0 Å². The zero-order chi connectivity index (χ0) is 16.1. The molecule has 0 aromatic heterocycles. The molecule has 5 heteroatoms. The van der Waals surface area contributed by atoms with Crippen LogP contribution in [-0.2, 0) is 19.1 Å². The van der Waals surface area contributed by atoms with E-state index in [2.05, 4.69) is 6.92 Å². The van der Waals surface area contributed by atoms with Gasteiger partial charge in [-0.05, 0) is 43.6 Å². The molecule has 1 N–H and O–H groups in total. The second kappa shape index (κ2) is 5.08. The first-order chi connectivity index (χ1) is 10.2. The second-order valence-electron chi connectivity index (χ2n) is 7.45. The van der Waals surface area contributed by atoms with Gasteiger partial charge in [0.25, 0.3) is 0 Å². The molecule has 0 saturated heterocycles. The van der Waals surface area contributed by atoms with E-state index in [9.17, 15) is 14.7 Å². The fraction of sp³-hybridized carbons (Fsp3) is 0.765. The average Bonchev–Trinajstić information content (AvgIpc) is 2.70. The molecule has 0 aromatic carbocycles. The Morgan fingerprint density at radius 1 is 1.36 bits per heavy atom. The van der Waals surface area contributed by atoms with Gasteiger partial charge in [-0.15, -0.1) is 0 Å². The number of fused-ring (bicyclic) bond motifs is 3. The average molecular weight is 308 g/mol. The molecule has 0 spiro atoms. The van der Waals surface area contributed by atoms with E-state index in [4.69, 9.17) is 9.47 Å². The first-order valence-electron chi connectivity index (χ1n) is 8.03. The third-order valence-corrected chi connectivity index (χ3v) is 5.75. The van der Waals surface area contributed by atoms with Crippen LogP contribution >= 0.6 is 0 Å². The van der Waals surface area contributed by atoms with Gasteiger partial charge in [0, 0.05) is 12.8 Å². The maximum Gasteiger partial charge on any atom is 0.338 e. The normalized spacial score (nSPS) is 40.8. The van der Waals surface area contributed by atoms with Gasteiger partial charge < -0.3 is 14.6 Å². The van der Waals surface area contributed by atoms with Gasteiger partial charge in [0.05, 0.1) is 11.2 Å². The summed E-state index contributed by atoms with van der Waals surface area (Å²) < 4.78 is 10.6. The van der Waals surface area contributed by atoms with E-state index < -0.39 is 17.5 Å². The number of carbonyl (C=O) groups is 2. The predicted molar refractivity (Wildman–Crippen MR) is 78.8 cm³/mol. The molecular formula is C17H24O5.